The molecule has 110 valence electrons. The van der Waals surface area contributed by atoms with Crippen molar-refractivity contribution in [3.05, 3.63) is 29.8 Å². The topological polar surface area (TPSA) is 63.6 Å². The first-order valence-electron chi connectivity index (χ1n) is 6.99. The van der Waals surface area contributed by atoms with Crippen LogP contribution in [0.15, 0.2) is 24.3 Å². The summed E-state index contributed by atoms with van der Waals surface area (Å²) in [6.07, 6.45) is 2.55. The van der Waals surface area contributed by atoms with Gasteiger partial charge in [-0.1, -0.05) is 44.9 Å². The Kier molecular flexibility index (Phi) is 5.74. The van der Waals surface area contributed by atoms with Gasteiger partial charge in [0.05, 0.1) is 5.41 Å². The van der Waals surface area contributed by atoms with Gasteiger partial charge in [-0.2, -0.15) is 0 Å². The predicted octanol–water partition coefficient (Wildman–Crippen LogP) is 3.53. The van der Waals surface area contributed by atoms with Gasteiger partial charge in [-0.3, -0.25) is 9.59 Å². The lowest BCUT2D eigenvalue weighted by Gasteiger charge is -2.30. The fourth-order valence-corrected chi connectivity index (χ4v) is 2.68. The third-order valence-electron chi connectivity index (χ3n) is 3.42. The minimum absolute atomic E-state index is 0.351. The molecule has 1 rings (SSSR count). The van der Waals surface area contributed by atoms with Crippen LogP contribution < -0.4 is 4.74 Å². The highest BCUT2D eigenvalue weighted by atomic mass is 16.5. The van der Waals surface area contributed by atoms with Crippen molar-refractivity contribution in [1.82, 2.24) is 0 Å². The molecule has 1 aromatic rings. The van der Waals surface area contributed by atoms with Crippen LogP contribution in [0.1, 0.15) is 52.0 Å². The molecule has 0 aliphatic rings. The smallest absolute Gasteiger partial charge is 0.314 e. The fourth-order valence-electron chi connectivity index (χ4n) is 2.68. The van der Waals surface area contributed by atoms with E-state index < -0.39 is 17.4 Å². The van der Waals surface area contributed by atoms with Gasteiger partial charge in [0.2, 0.25) is 0 Å². The molecule has 0 bridgehead atoms. The van der Waals surface area contributed by atoms with Crippen LogP contribution in [-0.4, -0.2) is 17.0 Å². The van der Waals surface area contributed by atoms with Gasteiger partial charge in [0.25, 0.3) is 0 Å². The first kappa shape index (κ1) is 16.2. The first-order chi connectivity index (χ1) is 9.47. The third kappa shape index (κ3) is 3.38. The number of para-hydroxylation sites is 1. The average Bonchev–Trinajstić information content (AvgIpc) is 2.38. The second-order valence-corrected chi connectivity index (χ2v) is 4.98. The largest absolute Gasteiger partial charge is 0.481 e. The zero-order valence-corrected chi connectivity index (χ0v) is 12.3. The van der Waals surface area contributed by atoms with Crippen LogP contribution in [0.3, 0.4) is 0 Å². The quantitative estimate of drug-likeness (QED) is 0.612. The molecule has 4 nitrogen and oxygen atoms in total. The van der Waals surface area contributed by atoms with E-state index in [9.17, 15) is 14.7 Å². The molecule has 0 radical (unpaired) electrons. The summed E-state index contributed by atoms with van der Waals surface area (Å²) in [5.41, 5.74) is -0.401. The second kappa shape index (κ2) is 7.08. The molecule has 0 unspecified atom stereocenters. The van der Waals surface area contributed by atoms with E-state index in [4.69, 9.17) is 4.74 Å². The maximum atomic E-state index is 11.9. The minimum atomic E-state index is -0.991. The van der Waals surface area contributed by atoms with Crippen molar-refractivity contribution >= 4 is 11.9 Å². The van der Waals surface area contributed by atoms with Crippen molar-refractivity contribution < 1.29 is 19.4 Å². The normalized spacial score (nSPS) is 11.2. The molecule has 0 amide bonds. The molecular weight excluding hydrogens is 256 g/mol. The van der Waals surface area contributed by atoms with Gasteiger partial charge in [-0.05, 0) is 18.9 Å². The standard InChI is InChI=1S/C16H22O4/c1-4-10-16(11-5-2,15(18)19)13-8-6-7-9-14(13)20-12(3)17/h6-9H,4-5,10-11H2,1-3H3,(H,18,19). The van der Waals surface area contributed by atoms with Crippen LogP contribution in [0.4, 0.5) is 0 Å². The molecule has 0 aliphatic carbocycles. The highest BCUT2D eigenvalue weighted by molar-refractivity contribution is 5.83. The molecule has 0 saturated carbocycles. The molecular formula is C16H22O4. The van der Waals surface area contributed by atoms with Crippen LogP contribution in [0.25, 0.3) is 0 Å². The molecule has 0 spiro atoms. The van der Waals surface area contributed by atoms with Gasteiger partial charge >= 0.3 is 11.9 Å². The van der Waals surface area contributed by atoms with E-state index in [1.165, 1.54) is 6.92 Å². The number of ether oxygens (including phenoxy) is 1. The zero-order valence-electron chi connectivity index (χ0n) is 12.3. The number of carbonyl (C=O) groups excluding carboxylic acids is 1. The van der Waals surface area contributed by atoms with Gasteiger partial charge in [0.1, 0.15) is 5.75 Å². The van der Waals surface area contributed by atoms with E-state index in [0.717, 1.165) is 12.8 Å². The van der Waals surface area contributed by atoms with Crippen molar-refractivity contribution in [2.75, 3.05) is 0 Å². The van der Waals surface area contributed by atoms with Crippen LogP contribution >= 0.6 is 0 Å². The summed E-state index contributed by atoms with van der Waals surface area (Å²) in [5.74, 6) is -0.949. The number of esters is 1. The second-order valence-electron chi connectivity index (χ2n) is 4.98. The zero-order chi connectivity index (χ0) is 15.2. The van der Waals surface area contributed by atoms with Gasteiger partial charge in [-0.25, -0.2) is 0 Å². The summed E-state index contributed by atoms with van der Waals surface area (Å²) in [7, 11) is 0. The number of hydrogen-bond donors (Lipinski definition) is 1. The Morgan fingerprint density at radius 3 is 2.15 bits per heavy atom. The molecule has 1 N–H and O–H groups in total. The SMILES string of the molecule is CCCC(CCC)(C(=O)O)c1ccccc1OC(C)=O. The number of rotatable bonds is 7. The molecule has 0 saturated heterocycles. The van der Waals surface area contributed by atoms with E-state index in [-0.39, 0.29) is 0 Å². The van der Waals surface area contributed by atoms with E-state index in [1.807, 2.05) is 13.8 Å². The highest BCUT2D eigenvalue weighted by Crippen LogP contribution is 2.40. The Morgan fingerprint density at radius 2 is 1.70 bits per heavy atom. The lowest BCUT2D eigenvalue weighted by atomic mass is 9.73. The number of carboxylic acid groups (broad SMARTS) is 1. The fraction of sp³-hybridized carbons (Fsp3) is 0.500. The van der Waals surface area contributed by atoms with Gasteiger partial charge < -0.3 is 9.84 Å². The first-order valence-corrected chi connectivity index (χ1v) is 6.99. The van der Waals surface area contributed by atoms with Crippen molar-refractivity contribution in [3.8, 4) is 5.75 Å². The molecule has 0 aromatic heterocycles. The molecule has 20 heavy (non-hydrogen) atoms. The molecule has 0 heterocycles. The molecule has 4 heteroatoms. The van der Waals surface area contributed by atoms with Crippen LogP contribution in [-0.2, 0) is 15.0 Å². The highest BCUT2D eigenvalue weighted by Gasteiger charge is 2.40. The van der Waals surface area contributed by atoms with Crippen LogP contribution in [0, 0.1) is 0 Å². The third-order valence-corrected chi connectivity index (χ3v) is 3.42. The van der Waals surface area contributed by atoms with Gasteiger partial charge in [-0.15, -0.1) is 0 Å². The summed E-state index contributed by atoms with van der Waals surface area (Å²) in [4.78, 5) is 23.1. The predicted molar refractivity (Wildman–Crippen MR) is 76.9 cm³/mol. The lowest BCUT2D eigenvalue weighted by molar-refractivity contribution is -0.145. The van der Waals surface area contributed by atoms with E-state index in [0.29, 0.717) is 24.2 Å². The number of carbonyl (C=O) groups is 2. The van der Waals surface area contributed by atoms with Gasteiger partial charge in [0, 0.05) is 12.5 Å². The number of carboxylic acids is 1. The van der Waals surface area contributed by atoms with Crippen molar-refractivity contribution in [2.24, 2.45) is 0 Å². The maximum absolute atomic E-state index is 11.9. The number of benzene rings is 1. The summed E-state index contributed by atoms with van der Waals surface area (Å²) in [5, 5.41) is 9.76. The van der Waals surface area contributed by atoms with Crippen LogP contribution in [0.5, 0.6) is 5.75 Å². The Hall–Kier alpha value is -1.84. The summed E-state index contributed by atoms with van der Waals surface area (Å²) < 4.78 is 5.19. The van der Waals surface area contributed by atoms with E-state index in [2.05, 4.69) is 0 Å². The van der Waals surface area contributed by atoms with Crippen molar-refractivity contribution in [3.63, 3.8) is 0 Å². The van der Waals surface area contributed by atoms with Gasteiger partial charge in [0.15, 0.2) is 0 Å². The maximum Gasteiger partial charge on any atom is 0.314 e. The number of hydrogen-bond acceptors (Lipinski definition) is 3. The number of aliphatic carboxylic acids is 1. The summed E-state index contributed by atoms with van der Waals surface area (Å²) in [6, 6.07) is 6.93. The van der Waals surface area contributed by atoms with E-state index in [1.54, 1.807) is 24.3 Å². The Morgan fingerprint density at radius 1 is 1.15 bits per heavy atom. The van der Waals surface area contributed by atoms with Crippen molar-refractivity contribution in [1.29, 1.82) is 0 Å². The Labute approximate surface area is 119 Å². The summed E-state index contributed by atoms with van der Waals surface area (Å²) in [6.45, 7) is 5.24. The molecule has 1 aromatic carbocycles. The van der Waals surface area contributed by atoms with Crippen molar-refractivity contribution in [2.45, 2.75) is 51.9 Å². The monoisotopic (exact) mass is 278 g/mol. The lowest BCUT2D eigenvalue weighted by Crippen LogP contribution is -2.36. The average molecular weight is 278 g/mol. The summed E-state index contributed by atoms with van der Waals surface area (Å²) >= 11 is 0. The Balaban J connectivity index is 3.39. The molecule has 0 fully saturated rings. The van der Waals surface area contributed by atoms with Crippen LogP contribution in [0.2, 0.25) is 0 Å². The minimum Gasteiger partial charge on any atom is -0.481 e. The molecule has 0 aliphatic heterocycles. The van der Waals surface area contributed by atoms with E-state index >= 15 is 0 Å². The molecule has 0 atom stereocenters. The Bertz CT molecular complexity index is 473.